The van der Waals surface area contributed by atoms with Crippen LogP contribution in [0.5, 0.6) is 0 Å². The first-order valence-electron chi connectivity index (χ1n) is 3.45. The standard InChI is InChI=1S/C7H8O4S3.Na/c1-11-6(8)4-3-5(14(9)10)7(12-2)13-4;/h3H,1-2H3,(H,9,10);/q;+1/p-1. The van der Waals surface area contributed by atoms with Crippen LogP contribution in [0.3, 0.4) is 0 Å². The summed E-state index contributed by atoms with van der Waals surface area (Å²) in [5.41, 5.74) is 0. The second-order valence-corrected chi connectivity index (χ2v) is 5.23. The molecule has 1 aromatic rings. The van der Waals surface area contributed by atoms with Gasteiger partial charge in [0, 0.05) is 0 Å². The van der Waals surface area contributed by atoms with Crippen molar-refractivity contribution < 1.29 is 47.9 Å². The Balaban J connectivity index is 0.00000196. The minimum Gasteiger partial charge on any atom is -0.768 e. The molecule has 15 heavy (non-hydrogen) atoms. The van der Waals surface area contributed by atoms with Gasteiger partial charge < -0.3 is 9.29 Å². The fourth-order valence-corrected chi connectivity index (χ4v) is 3.59. The largest absolute Gasteiger partial charge is 1.00 e. The monoisotopic (exact) mass is 274 g/mol. The maximum Gasteiger partial charge on any atom is 1.00 e. The molecule has 0 bridgehead atoms. The quantitative estimate of drug-likeness (QED) is 0.290. The molecular formula is C7H7NaO4S3. The number of hydrogen-bond acceptors (Lipinski definition) is 6. The number of ether oxygens (including phenoxy) is 1. The number of methoxy groups -OCH3 is 1. The molecule has 8 heteroatoms. The van der Waals surface area contributed by atoms with E-state index in [2.05, 4.69) is 4.74 Å². The average molecular weight is 274 g/mol. The Kier molecular flexibility index (Phi) is 7.35. The van der Waals surface area contributed by atoms with Gasteiger partial charge in [0.15, 0.2) is 0 Å². The predicted octanol–water partition coefficient (Wildman–Crippen LogP) is -1.50. The summed E-state index contributed by atoms with van der Waals surface area (Å²) >= 11 is 0.0998. The zero-order valence-electron chi connectivity index (χ0n) is 8.44. The molecule has 78 valence electrons. The molecule has 0 saturated heterocycles. The van der Waals surface area contributed by atoms with Gasteiger partial charge in [-0.25, -0.2) is 4.79 Å². The van der Waals surface area contributed by atoms with Crippen LogP contribution in [0.25, 0.3) is 0 Å². The molecule has 1 heterocycles. The van der Waals surface area contributed by atoms with Crippen molar-refractivity contribution in [1.29, 1.82) is 0 Å². The minimum atomic E-state index is -2.31. The van der Waals surface area contributed by atoms with Crippen molar-refractivity contribution >= 4 is 40.1 Å². The van der Waals surface area contributed by atoms with Gasteiger partial charge in [0.05, 0.1) is 16.2 Å². The van der Waals surface area contributed by atoms with Crippen molar-refractivity contribution in [2.75, 3.05) is 13.4 Å². The molecule has 1 unspecified atom stereocenters. The Hall–Kier alpha value is 0.630. The van der Waals surface area contributed by atoms with E-state index in [4.69, 9.17) is 0 Å². The fourth-order valence-electron chi connectivity index (χ4n) is 0.817. The van der Waals surface area contributed by atoms with Crippen LogP contribution in [0.1, 0.15) is 9.67 Å². The summed E-state index contributed by atoms with van der Waals surface area (Å²) < 4.78 is 26.6. The number of thiophene rings is 1. The third kappa shape index (κ3) is 3.85. The fraction of sp³-hybridized carbons (Fsp3) is 0.286. The molecule has 0 aliphatic rings. The van der Waals surface area contributed by atoms with Gasteiger partial charge >= 0.3 is 35.5 Å². The van der Waals surface area contributed by atoms with E-state index < -0.39 is 17.0 Å². The molecular weight excluding hydrogens is 267 g/mol. The number of esters is 1. The van der Waals surface area contributed by atoms with Crippen LogP contribution in [0.4, 0.5) is 0 Å². The van der Waals surface area contributed by atoms with Crippen LogP contribution in [0.15, 0.2) is 15.2 Å². The van der Waals surface area contributed by atoms with Gasteiger partial charge in [0.1, 0.15) is 4.88 Å². The maximum atomic E-state index is 11.1. The second-order valence-electron chi connectivity index (χ2n) is 2.19. The van der Waals surface area contributed by atoms with Crippen LogP contribution in [-0.2, 0) is 15.8 Å². The van der Waals surface area contributed by atoms with Crippen molar-refractivity contribution in [3.63, 3.8) is 0 Å². The zero-order chi connectivity index (χ0) is 10.7. The Morgan fingerprint density at radius 1 is 1.67 bits per heavy atom. The molecule has 0 aliphatic heterocycles. The number of carbonyl (C=O) groups is 1. The minimum absolute atomic E-state index is 0. The normalized spacial score (nSPS) is 11.7. The molecule has 1 atom stereocenters. The van der Waals surface area contributed by atoms with E-state index in [1.54, 1.807) is 6.26 Å². The van der Waals surface area contributed by atoms with E-state index in [1.807, 2.05) is 0 Å². The van der Waals surface area contributed by atoms with Crippen LogP contribution in [0, 0.1) is 0 Å². The van der Waals surface area contributed by atoms with E-state index in [-0.39, 0.29) is 34.5 Å². The Labute approximate surface area is 120 Å². The number of thioether (sulfide) groups is 1. The molecule has 0 saturated carbocycles. The van der Waals surface area contributed by atoms with E-state index in [0.29, 0.717) is 9.09 Å². The maximum absolute atomic E-state index is 11.1. The first-order chi connectivity index (χ1) is 6.60. The van der Waals surface area contributed by atoms with Crippen molar-refractivity contribution in [1.82, 2.24) is 0 Å². The van der Waals surface area contributed by atoms with Crippen LogP contribution < -0.4 is 29.6 Å². The second kappa shape index (κ2) is 7.05. The Bertz CT molecular complexity index is 376. The first-order valence-corrected chi connectivity index (χ1v) is 6.57. The molecule has 0 radical (unpaired) electrons. The van der Waals surface area contributed by atoms with E-state index >= 15 is 0 Å². The molecule has 0 spiro atoms. The molecule has 0 amide bonds. The van der Waals surface area contributed by atoms with Crippen molar-refractivity contribution in [2.24, 2.45) is 0 Å². The third-order valence-corrected chi connectivity index (χ3v) is 4.61. The molecule has 0 fully saturated rings. The summed E-state index contributed by atoms with van der Waals surface area (Å²) in [4.78, 5) is 11.6. The van der Waals surface area contributed by atoms with Crippen LogP contribution in [0.2, 0.25) is 0 Å². The van der Waals surface area contributed by atoms with Gasteiger partial charge in [0.25, 0.3) is 0 Å². The third-order valence-electron chi connectivity index (χ3n) is 1.42. The molecule has 0 aromatic carbocycles. The molecule has 1 rings (SSSR count). The van der Waals surface area contributed by atoms with Crippen molar-refractivity contribution in [3.05, 3.63) is 10.9 Å². The van der Waals surface area contributed by atoms with Crippen molar-refractivity contribution in [3.8, 4) is 0 Å². The number of carbonyl (C=O) groups excluding carboxylic acids is 1. The smallest absolute Gasteiger partial charge is 0.768 e. The number of hydrogen-bond donors (Lipinski definition) is 0. The van der Waals surface area contributed by atoms with Crippen LogP contribution >= 0.6 is 23.1 Å². The van der Waals surface area contributed by atoms with Gasteiger partial charge in [0.2, 0.25) is 0 Å². The van der Waals surface area contributed by atoms with Crippen molar-refractivity contribution in [2.45, 2.75) is 9.10 Å². The molecule has 4 nitrogen and oxygen atoms in total. The van der Waals surface area contributed by atoms with Gasteiger partial charge in [-0.2, -0.15) is 0 Å². The van der Waals surface area contributed by atoms with Crippen LogP contribution in [-0.4, -0.2) is 28.1 Å². The van der Waals surface area contributed by atoms with Gasteiger partial charge in [-0.1, -0.05) is 0 Å². The Morgan fingerprint density at radius 2 is 2.27 bits per heavy atom. The SMILES string of the molecule is COC(=O)c1cc(S(=O)[O-])c(SC)s1.[Na+]. The van der Waals surface area contributed by atoms with E-state index in [0.717, 1.165) is 11.3 Å². The average Bonchev–Trinajstić information content (AvgIpc) is 2.60. The van der Waals surface area contributed by atoms with E-state index in [1.165, 1.54) is 24.9 Å². The summed E-state index contributed by atoms with van der Waals surface area (Å²) in [7, 11) is 1.26. The molecule has 1 aromatic heterocycles. The topological polar surface area (TPSA) is 66.4 Å². The van der Waals surface area contributed by atoms with Gasteiger partial charge in [-0.05, 0) is 23.4 Å². The van der Waals surface area contributed by atoms with E-state index in [9.17, 15) is 13.6 Å². The molecule has 0 aliphatic carbocycles. The first kappa shape index (κ1) is 15.6. The predicted molar refractivity (Wildman–Crippen MR) is 54.6 cm³/mol. The van der Waals surface area contributed by atoms with Gasteiger partial charge in [-0.15, -0.1) is 23.1 Å². The zero-order valence-corrected chi connectivity index (χ0v) is 12.9. The Morgan fingerprint density at radius 3 is 2.60 bits per heavy atom. The summed E-state index contributed by atoms with van der Waals surface area (Å²) in [5.74, 6) is -0.512. The van der Waals surface area contributed by atoms with Gasteiger partial charge in [-0.3, -0.25) is 4.21 Å². The number of rotatable bonds is 3. The summed E-state index contributed by atoms with van der Waals surface area (Å²) in [6.45, 7) is 0. The summed E-state index contributed by atoms with van der Waals surface area (Å²) in [6.07, 6.45) is 1.75. The molecule has 0 N–H and O–H groups in total. The summed E-state index contributed by atoms with van der Waals surface area (Å²) in [6, 6.07) is 1.32. The summed E-state index contributed by atoms with van der Waals surface area (Å²) in [5, 5.41) is 0.